The molecular weight excluding hydrogens is 236 g/mol. The monoisotopic (exact) mass is 266 g/mol. The van der Waals surface area contributed by atoms with Crippen LogP contribution in [0.4, 0.5) is 0 Å². The van der Waals surface area contributed by atoms with Gasteiger partial charge in [0, 0.05) is 12.6 Å². The van der Waals surface area contributed by atoms with E-state index < -0.39 is 0 Å². The zero-order valence-corrected chi connectivity index (χ0v) is 12.5. The normalized spacial score (nSPS) is 24.1. The molecule has 2 aliphatic rings. The van der Waals surface area contributed by atoms with E-state index in [1.807, 2.05) is 0 Å². The zero-order valence-electron chi connectivity index (χ0n) is 12.5. The van der Waals surface area contributed by atoms with E-state index in [4.69, 9.17) is 0 Å². The molecule has 2 aliphatic carbocycles. The molecule has 2 saturated carbocycles. The van der Waals surface area contributed by atoms with Gasteiger partial charge < -0.3 is 10.6 Å². The molecule has 0 saturated heterocycles. The molecule has 0 radical (unpaired) electrons. The van der Waals surface area contributed by atoms with Crippen molar-refractivity contribution in [1.82, 2.24) is 10.6 Å². The van der Waals surface area contributed by atoms with Gasteiger partial charge in [-0.25, -0.2) is 0 Å². The van der Waals surface area contributed by atoms with Gasteiger partial charge in [0.2, 0.25) is 5.91 Å². The first-order valence-electron chi connectivity index (χ1n) is 8.18. The quantitative estimate of drug-likeness (QED) is 0.751. The number of nitrogens with one attached hydrogen (secondary N) is 2. The summed E-state index contributed by atoms with van der Waals surface area (Å²) >= 11 is 0. The molecule has 2 rings (SSSR count). The smallest absolute Gasteiger partial charge is 0.234 e. The minimum atomic E-state index is 0.188. The third kappa shape index (κ3) is 5.13. The molecule has 0 spiro atoms. The highest BCUT2D eigenvalue weighted by Gasteiger charge is 2.28. The molecule has 3 heteroatoms. The molecule has 3 nitrogen and oxygen atoms in total. The van der Waals surface area contributed by atoms with Gasteiger partial charge in [-0.1, -0.05) is 45.4 Å². The fourth-order valence-electron chi connectivity index (χ4n) is 3.59. The third-order valence-corrected chi connectivity index (χ3v) is 4.87. The lowest BCUT2D eigenvalue weighted by Crippen LogP contribution is -2.42. The zero-order chi connectivity index (χ0) is 13.6. The Hall–Kier alpha value is -0.570. The fourth-order valence-corrected chi connectivity index (χ4v) is 3.59. The van der Waals surface area contributed by atoms with E-state index in [2.05, 4.69) is 17.6 Å². The number of carbonyl (C=O) groups is 1. The summed E-state index contributed by atoms with van der Waals surface area (Å²) in [5.41, 5.74) is 0.433. The molecule has 0 atom stereocenters. The molecule has 2 N–H and O–H groups in total. The standard InChI is InChI=1S/C16H30N2O/c1-16(10-6-7-11-16)13-17-12-15(19)18-14-8-4-2-3-5-9-14/h14,17H,2-13H2,1H3,(H,18,19). The van der Waals surface area contributed by atoms with Crippen molar-refractivity contribution in [3.8, 4) is 0 Å². The van der Waals surface area contributed by atoms with E-state index in [1.54, 1.807) is 0 Å². The molecular formula is C16H30N2O. The van der Waals surface area contributed by atoms with Crippen LogP contribution in [0.3, 0.4) is 0 Å². The molecule has 0 unspecified atom stereocenters. The first-order chi connectivity index (χ1) is 9.18. The fraction of sp³-hybridized carbons (Fsp3) is 0.938. The van der Waals surface area contributed by atoms with Crippen molar-refractivity contribution in [2.24, 2.45) is 5.41 Å². The van der Waals surface area contributed by atoms with Gasteiger partial charge in [0.05, 0.1) is 6.54 Å². The highest BCUT2D eigenvalue weighted by Crippen LogP contribution is 2.36. The van der Waals surface area contributed by atoms with Crippen LogP contribution in [0.1, 0.15) is 71.1 Å². The third-order valence-electron chi connectivity index (χ3n) is 4.87. The van der Waals surface area contributed by atoms with Crippen molar-refractivity contribution in [1.29, 1.82) is 0 Å². The lowest BCUT2D eigenvalue weighted by molar-refractivity contribution is -0.121. The van der Waals surface area contributed by atoms with E-state index in [1.165, 1.54) is 64.2 Å². The van der Waals surface area contributed by atoms with Crippen LogP contribution in [0.5, 0.6) is 0 Å². The van der Waals surface area contributed by atoms with Crippen LogP contribution < -0.4 is 10.6 Å². The van der Waals surface area contributed by atoms with Gasteiger partial charge in [-0.3, -0.25) is 4.79 Å². The van der Waals surface area contributed by atoms with Crippen molar-refractivity contribution in [3.63, 3.8) is 0 Å². The summed E-state index contributed by atoms with van der Waals surface area (Å²) in [7, 11) is 0. The van der Waals surface area contributed by atoms with Gasteiger partial charge in [0.1, 0.15) is 0 Å². The summed E-state index contributed by atoms with van der Waals surface area (Å²) in [4.78, 5) is 11.9. The Balaban J connectivity index is 1.61. The summed E-state index contributed by atoms with van der Waals surface area (Å²) in [6, 6.07) is 0.430. The number of amides is 1. The van der Waals surface area contributed by atoms with Crippen LogP contribution in [0.2, 0.25) is 0 Å². The lowest BCUT2D eigenvalue weighted by Gasteiger charge is -2.24. The van der Waals surface area contributed by atoms with Crippen LogP contribution >= 0.6 is 0 Å². The summed E-state index contributed by atoms with van der Waals surface area (Å²) < 4.78 is 0. The van der Waals surface area contributed by atoms with E-state index in [-0.39, 0.29) is 5.91 Å². The van der Waals surface area contributed by atoms with Crippen LogP contribution in [0.25, 0.3) is 0 Å². The Kier molecular flexibility index (Phi) is 5.68. The second kappa shape index (κ2) is 7.28. The Morgan fingerprint density at radius 3 is 2.32 bits per heavy atom. The maximum absolute atomic E-state index is 11.9. The van der Waals surface area contributed by atoms with E-state index >= 15 is 0 Å². The van der Waals surface area contributed by atoms with E-state index in [0.717, 1.165) is 6.54 Å². The molecule has 0 heterocycles. The van der Waals surface area contributed by atoms with Crippen molar-refractivity contribution < 1.29 is 4.79 Å². The highest BCUT2D eigenvalue weighted by atomic mass is 16.1. The number of carbonyl (C=O) groups excluding carboxylic acids is 1. The van der Waals surface area contributed by atoms with Gasteiger partial charge >= 0.3 is 0 Å². The van der Waals surface area contributed by atoms with Crippen molar-refractivity contribution >= 4 is 5.91 Å². The van der Waals surface area contributed by atoms with Gasteiger partial charge in [-0.05, 0) is 31.1 Å². The summed E-state index contributed by atoms with van der Waals surface area (Å²) in [5, 5.41) is 6.56. The Labute approximate surface area is 117 Å². The number of rotatable bonds is 5. The molecule has 1 amide bonds. The van der Waals surface area contributed by atoms with E-state index in [9.17, 15) is 4.79 Å². The molecule has 0 aromatic rings. The predicted octanol–water partition coefficient (Wildman–Crippen LogP) is 3.00. The lowest BCUT2D eigenvalue weighted by atomic mass is 9.89. The average molecular weight is 266 g/mol. The number of hydrogen-bond donors (Lipinski definition) is 2. The van der Waals surface area contributed by atoms with Crippen LogP contribution in [0, 0.1) is 5.41 Å². The first-order valence-corrected chi connectivity index (χ1v) is 8.18. The van der Waals surface area contributed by atoms with Crippen LogP contribution in [-0.4, -0.2) is 25.0 Å². The summed E-state index contributed by atoms with van der Waals surface area (Å²) in [5.74, 6) is 0.188. The Morgan fingerprint density at radius 2 is 1.68 bits per heavy atom. The van der Waals surface area contributed by atoms with Gasteiger partial charge in [-0.2, -0.15) is 0 Å². The first kappa shape index (κ1) is 14.8. The van der Waals surface area contributed by atoms with Gasteiger partial charge in [0.15, 0.2) is 0 Å². The van der Waals surface area contributed by atoms with Gasteiger partial charge in [0.25, 0.3) is 0 Å². The summed E-state index contributed by atoms with van der Waals surface area (Å²) in [6.45, 7) is 3.83. The predicted molar refractivity (Wildman–Crippen MR) is 79.1 cm³/mol. The minimum absolute atomic E-state index is 0.188. The highest BCUT2D eigenvalue weighted by molar-refractivity contribution is 5.78. The topological polar surface area (TPSA) is 41.1 Å². The van der Waals surface area contributed by atoms with Crippen molar-refractivity contribution in [3.05, 3.63) is 0 Å². The number of hydrogen-bond acceptors (Lipinski definition) is 2. The SMILES string of the molecule is CC1(CNCC(=O)NC2CCCCCC2)CCCC1. The maximum atomic E-state index is 11.9. The second-order valence-electron chi connectivity index (χ2n) is 6.88. The maximum Gasteiger partial charge on any atom is 0.234 e. The minimum Gasteiger partial charge on any atom is -0.352 e. The average Bonchev–Trinajstić information content (AvgIpc) is 2.64. The summed E-state index contributed by atoms with van der Waals surface area (Å²) in [6.07, 6.45) is 12.9. The molecule has 2 fully saturated rings. The van der Waals surface area contributed by atoms with Crippen molar-refractivity contribution in [2.75, 3.05) is 13.1 Å². The van der Waals surface area contributed by atoms with Crippen LogP contribution in [0.15, 0.2) is 0 Å². The van der Waals surface area contributed by atoms with E-state index in [0.29, 0.717) is 18.0 Å². The molecule has 0 bridgehead atoms. The molecule has 0 aromatic carbocycles. The van der Waals surface area contributed by atoms with Gasteiger partial charge in [-0.15, -0.1) is 0 Å². The molecule has 19 heavy (non-hydrogen) atoms. The molecule has 0 aliphatic heterocycles. The van der Waals surface area contributed by atoms with Crippen LogP contribution in [-0.2, 0) is 4.79 Å². The Morgan fingerprint density at radius 1 is 1.05 bits per heavy atom. The van der Waals surface area contributed by atoms with Crippen molar-refractivity contribution in [2.45, 2.75) is 77.2 Å². The largest absolute Gasteiger partial charge is 0.352 e. The second-order valence-corrected chi connectivity index (χ2v) is 6.88. The Bertz CT molecular complexity index is 276. The molecule has 0 aromatic heterocycles. The molecule has 110 valence electrons.